The summed E-state index contributed by atoms with van der Waals surface area (Å²) in [6.45, 7) is 12.8. The molecule has 0 bridgehead atoms. The van der Waals surface area contributed by atoms with Crippen molar-refractivity contribution >= 4 is 23.6 Å². The van der Waals surface area contributed by atoms with Crippen LogP contribution in [0.4, 0.5) is 0 Å². The van der Waals surface area contributed by atoms with Gasteiger partial charge in [0, 0.05) is 10.3 Å². The molecule has 0 aromatic heterocycles. The van der Waals surface area contributed by atoms with Gasteiger partial charge in [-0.15, -0.1) is 11.8 Å². The van der Waals surface area contributed by atoms with Gasteiger partial charge < -0.3 is 10.4 Å². The predicted octanol–water partition coefficient (Wildman–Crippen LogP) is 2.52. The predicted molar refractivity (Wildman–Crippen MR) is 75.8 cm³/mol. The SMILES string of the molecule is CC(C)(C)SCC(=O)NC(C)(C)C(C)(C)C(=O)O. The van der Waals surface area contributed by atoms with Crippen molar-refractivity contribution in [3.8, 4) is 0 Å². The number of carbonyl (C=O) groups is 2. The van der Waals surface area contributed by atoms with E-state index in [0.29, 0.717) is 5.75 Å². The van der Waals surface area contributed by atoms with Gasteiger partial charge in [-0.05, 0) is 27.7 Å². The van der Waals surface area contributed by atoms with Gasteiger partial charge in [0.2, 0.25) is 5.91 Å². The van der Waals surface area contributed by atoms with Gasteiger partial charge in [-0.1, -0.05) is 20.8 Å². The molecule has 1 amide bonds. The number of hydrogen-bond donors (Lipinski definition) is 2. The summed E-state index contributed by atoms with van der Waals surface area (Å²) in [7, 11) is 0. The van der Waals surface area contributed by atoms with E-state index < -0.39 is 16.9 Å². The summed E-state index contributed by atoms with van der Waals surface area (Å²) in [5.74, 6) is -0.714. The third-order valence-corrected chi connectivity index (χ3v) is 4.46. The minimum atomic E-state index is -1.02. The summed E-state index contributed by atoms with van der Waals surface area (Å²) in [4.78, 5) is 23.1. The van der Waals surface area contributed by atoms with Crippen LogP contribution in [-0.4, -0.2) is 33.0 Å². The van der Waals surface area contributed by atoms with E-state index in [1.165, 1.54) is 0 Å². The quantitative estimate of drug-likeness (QED) is 0.809. The van der Waals surface area contributed by atoms with Crippen molar-refractivity contribution in [1.82, 2.24) is 5.32 Å². The fourth-order valence-electron chi connectivity index (χ4n) is 1.09. The van der Waals surface area contributed by atoms with Crippen molar-refractivity contribution in [1.29, 1.82) is 0 Å². The van der Waals surface area contributed by atoms with Crippen molar-refractivity contribution < 1.29 is 14.7 Å². The zero-order valence-electron chi connectivity index (χ0n) is 12.4. The molecule has 2 N–H and O–H groups in total. The number of aliphatic carboxylic acids is 1. The second kappa shape index (κ2) is 5.51. The summed E-state index contributed by atoms with van der Waals surface area (Å²) >= 11 is 1.54. The lowest BCUT2D eigenvalue weighted by Crippen LogP contribution is -2.57. The van der Waals surface area contributed by atoms with Crippen molar-refractivity contribution in [3.05, 3.63) is 0 Å². The van der Waals surface area contributed by atoms with E-state index in [0.717, 1.165) is 0 Å². The minimum absolute atomic E-state index is 0.0177. The number of carboxylic acid groups (broad SMARTS) is 1. The lowest BCUT2D eigenvalue weighted by Gasteiger charge is -2.39. The molecular weight excluding hydrogens is 250 g/mol. The van der Waals surface area contributed by atoms with Gasteiger partial charge >= 0.3 is 5.97 Å². The molecule has 0 aromatic carbocycles. The second-order valence-electron chi connectivity index (χ2n) is 6.50. The van der Waals surface area contributed by atoms with E-state index in [-0.39, 0.29) is 10.7 Å². The second-order valence-corrected chi connectivity index (χ2v) is 8.31. The summed E-state index contributed by atoms with van der Waals surface area (Å²) in [6.07, 6.45) is 0. The van der Waals surface area contributed by atoms with Gasteiger partial charge in [0.15, 0.2) is 0 Å². The number of rotatable bonds is 5. The van der Waals surface area contributed by atoms with Gasteiger partial charge in [-0.3, -0.25) is 9.59 Å². The molecule has 0 saturated heterocycles. The van der Waals surface area contributed by atoms with Crippen LogP contribution in [0.15, 0.2) is 0 Å². The number of carboxylic acids is 1. The van der Waals surface area contributed by atoms with Crippen LogP contribution >= 0.6 is 11.8 Å². The standard InChI is InChI=1S/C13H25NO3S/c1-11(2,3)18-8-9(15)14-13(6,7)12(4,5)10(16)17/h8H2,1-7H3,(H,14,15)(H,16,17). The van der Waals surface area contributed by atoms with Crippen LogP contribution in [-0.2, 0) is 9.59 Å². The summed E-state index contributed by atoms with van der Waals surface area (Å²) in [6, 6.07) is 0. The molecule has 0 aliphatic carbocycles. The smallest absolute Gasteiger partial charge is 0.311 e. The van der Waals surface area contributed by atoms with Gasteiger partial charge in [0.05, 0.1) is 11.2 Å². The molecule has 0 aromatic rings. The molecule has 0 unspecified atom stereocenters. The summed E-state index contributed by atoms with van der Waals surface area (Å²) in [5, 5.41) is 12.0. The molecule has 5 heteroatoms. The van der Waals surface area contributed by atoms with Crippen LogP contribution in [0.5, 0.6) is 0 Å². The number of amides is 1. The zero-order chi connectivity index (χ0) is 14.8. The van der Waals surface area contributed by atoms with Crippen LogP contribution in [0.3, 0.4) is 0 Å². The molecular formula is C13H25NO3S. The molecule has 0 saturated carbocycles. The molecule has 0 atom stereocenters. The maximum absolute atomic E-state index is 11.8. The van der Waals surface area contributed by atoms with Crippen LogP contribution in [0.25, 0.3) is 0 Å². The highest BCUT2D eigenvalue weighted by Crippen LogP contribution is 2.31. The Balaban J connectivity index is 4.60. The van der Waals surface area contributed by atoms with E-state index in [4.69, 9.17) is 0 Å². The van der Waals surface area contributed by atoms with E-state index in [9.17, 15) is 14.7 Å². The van der Waals surface area contributed by atoms with Crippen molar-refractivity contribution in [2.24, 2.45) is 5.41 Å². The topological polar surface area (TPSA) is 66.4 Å². The highest BCUT2D eigenvalue weighted by molar-refractivity contribution is 8.01. The lowest BCUT2D eigenvalue weighted by molar-refractivity contribution is -0.151. The number of hydrogen-bond acceptors (Lipinski definition) is 3. The Hall–Kier alpha value is -0.710. The third-order valence-electron chi connectivity index (χ3n) is 3.19. The maximum atomic E-state index is 11.8. The molecule has 0 aliphatic rings. The molecule has 0 spiro atoms. The van der Waals surface area contributed by atoms with Crippen molar-refractivity contribution in [2.75, 3.05) is 5.75 Å². The largest absolute Gasteiger partial charge is 0.481 e. The Morgan fingerprint density at radius 1 is 1.06 bits per heavy atom. The van der Waals surface area contributed by atoms with Crippen LogP contribution < -0.4 is 5.32 Å². The van der Waals surface area contributed by atoms with Crippen LogP contribution in [0.1, 0.15) is 48.5 Å². The first-order valence-corrected chi connectivity index (χ1v) is 6.96. The highest BCUT2D eigenvalue weighted by Gasteiger charge is 2.44. The Kier molecular flexibility index (Phi) is 5.29. The van der Waals surface area contributed by atoms with E-state index >= 15 is 0 Å². The third kappa shape index (κ3) is 4.88. The normalized spacial score (nSPS) is 13.3. The number of thioether (sulfide) groups is 1. The molecule has 0 aliphatic heterocycles. The van der Waals surface area contributed by atoms with Gasteiger partial charge in [0.25, 0.3) is 0 Å². The van der Waals surface area contributed by atoms with Crippen molar-refractivity contribution in [2.45, 2.75) is 58.8 Å². The molecule has 106 valence electrons. The number of carbonyl (C=O) groups excluding carboxylic acids is 1. The maximum Gasteiger partial charge on any atom is 0.311 e. The molecule has 0 heterocycles. The van der Waals surface area contributed by atoms with Gasteiger partial charge in [0.1, 0.15) is 0 Å². The highest BCUT2D eigenvalue weighted by atomic mass is 32.2. The summed E-state index contributed by atoms with van der Waals surface area (Å²) < 4.78 is 0.0177. The van der Waals surface area contributed by atoms with E-state index in [1.54, 1.807) is 39.5 Å². The fourth-order valence-corrected chi connectivity index (χ4v) is 1.73. The zero-order valence-corrected chi connectivity index (χ0v) is 13.2. The van der Waals surface area contributed by atoms with E-state index in [2.05, 4.69) is 5.32 Å². The molecule has 18 heavy (non-hydrogen) atoms. The average Bonchev–Trinajstić information content (AvgIpc) is 2.12. The Morgan fingerprint density at radius 2 is 1.50 bits per heavy atom. The molecule has 0 fully saturated rings. The summed E-state index contributed by atoms with van der Waals surface area (Å²) in [5.41, 5.74) is -1.82. The van der Waals surface area contributed by atoms with Crippen molar-refractivity contribution in [3.63, 3.8) is 0 Å². The molecule has 0 rings (SSSR count). The molecule has 0 radical (unpaired) electrons. The van der Waals surface area contributed by atoms with Gasteiger partial charge in [-0.25, -0.2) is 0 Å². The molecule has 4 nitrogen and oxygen atoms in total. The van der Waals surface area contributed by atoms with E-state index in [1.807, 2.05) is 20.8 Å². The van der Waals surface area contributed by atoms with Crippen LogP contribution in [0.2, 0.25) is 0 Å². The van der Waals surface area contributed by atoms with Gasteiger partial charge in [-0.2, -0.15) is 0 Å². The minimum Gasteiger partial charge on any atom is -0.481 e. The average molecular weight is 275 g/mol. The number of nitrogens with one attached hydrogen (secondary N) is 1. The first-order chi connectivity index (χ1) is 7.79. The first kappa shape index (κ1) is 17.3. The Morgan fingerprint density at radius 3 is 1.83 bits per heavy atom. The fraction of sp³-hybridized carbons (Fsp3) is 0.846. The Bertz CT molecular complexity index is 330. The monoisotopic (exact) mass is 275 g/mol. The lowest BCUT2D eigenvalue weighted by atomic mass is 9.74. The first-order valence-electron chi connectivity index (χ1n) is 5.98. The van der Waals surface area contributed by atoms with Crippen LogP contribution in [0, 0.1) is 5.41 Å². The Labute approximate surface area is 114 Å².